The van der Waals surface area contributed by atoms with E-state index in [4.69, 9.17) is 4.52 Å². The highest BCUT2D eigenvalue weighted by molar-refractivity contribution is 9.10. The van der Waals surface area contributed by atoms with E-state index >= 15 is 0 Å². The maximum atomic E-state index is 12.1. The van der Waals surface area contributed by atoms with Crippen molar-refractivity contribution in [1.82, 2.24) is 15.0 Å². The normalized spacial score (nSPS) is 10.2. The molecule has 0 aliphatic heterocycles. The molecule has 0 fully saturated rings. The molecule has 110 valence electrons. The second-order valence-corrected chi connectivity index (χ2v) is 5.21. The molecule has 2 rings (SSSR count). The number of nitrogens with one attached hydrogen (secondary N) is 1. The minimum atomic E-state index is -0.357. The first kappa shape index (κ1) is 15.2. The van der Waals surface area contributed by atoms with Crippen LogP contribution in [-0.4, -0.2) is 40.4 Å². The molecular formula is C13H13BrN4O3. The van der Waals surface area contributed by atoms with E-state index in [1.165, 1.54) is 18.1 Å². The average molecular weight is 353 g/mol. The summed E-state index contributed by atoms with van der Waals surface area (Å²) in [6.45, 7) is 1.62. The Balaban J connectivity index is 1.94. The van der Waals surface area contributed by atoms with Crippen molar-refractivity contribution in [2.75, 3.05) is 18.9 Å². The highest BCUT2D eigenvalue weighted by atomic mass is 79.9. The quantitative estimate of drug-likeness (QED) is 0.848. The third-order valence-corrected chi connectivity index (χ3v) is 3.07. The second kappa shape index (κ2) is 6.49. The molecule has 0 saturated carbocycles. The van der Waals surface area contributed by atoms with Crippen molar-refractivity contribution in [3.63, 3.8) is 0 Å². The number of anilines is 1. The van der Waals surface area contributed by atoms with Crippen LogP contribution in [0.25, 0.3) is 0 Å². The lowest BCUT2D eigenvalue weighted by Crippen LogP contribution is -2.35. The van der Waals surface area contributed by atoms with Gasteiger partial charge < -0.3 is 14.7 Å². The number of hydrogen-bond acceptors (Lipinski definition) is 5. The van der Waals surface area contributed by atoms with E-state index in [9.17, 15) is 9.59 Å². The molecule has 8 heteroatoms. The van der Waals surface area contributed by atoms with Crippen molar-refractivity contribution in [2.24, 2.45) is 0 Å². The number of pyridine rings is 1. The number of likely N-dealkylation sites (N-methyl/N-ethyl adjacent to an activating group) is 1. The van der Waals surface area contributed by atoms with Crippen molar-refractivity contribution in [3.8, 4) is 0 Å². The van der Waals surface area contributed by atoms with Gasteiger partial charge in [-0.25, -0.2) is 4.98 Å². The van der Waals surface area contributed by atoms with Gasteiger partial charge in [-0.3, -0.25) is 9.59 Å². The van der Waals surface area contributed by atoms with Gasteiger partial charge in [0.25, 0.3) is 5.91 Å². The Labute approximate surface area is 129 Å². The molecule has 2 heterocycles. The number of aryl methyl sites for hydroxylation is 1. The predicted octanol–water partition coefficient (Wildman–Crippen LogP) is 1.85. The molecule has 0 aliphatic rings. The molecule has 0 aromatic carbocycles. The summed E-state index contributed by atoms with van der Waals surface area (Å²) in [5, 5.41) is 6.20. The summed E-state index contributed by atoms with van der Waals surface area (Å²) >= 11 is 3.19. The van der Waals surface area contributed by atoms with E-state index in [0.29, 0.717) is 21.7 Å². The Morgan fingerprint density at radius 3 is 2.76 bits per heavy atom. The second-order valence-electron chi connectivity index (χ2n) is 4.40. The summed E-state index contributed by atoms with van der Waals surface area (Å²) in [5.74, 6) is 0.269. The number of amides is 2. The molecule has 1 N–H and O–H groups in total. The van der Waals surface area contributed by atoms with Crippen LogP contribution in [0.5, 0.6) is 0 Å². The van der Waals surface area contributed by atoms with Gasteiger partial charge in [-0.2, -0.15) is 0 Å². The van der Waals surface area contributed by atoms with Crippen LogP contribution >= 0.6 is 15.9 Å². The molecule has 0 unspecified atom stereocenters. The molecule has 2 aromatic rings. The third kappa shape index (κ3) is 4.12. The van der Waals surface area contributed by atoms with Gasteiger partial charge in [-0.1, -0.05) is 5.16 Å². The number of hydrogen-bond donors (Lipinski definition) is 1. The van der Waals surface area contributed by atoms with Crippen LogP contribution in [0.15, 0.2) is 33.5 Å². The Morgan fingerprint density at radius 1 is 1.43 bits per heavy atom. The van der Waals surface area contributed by atoms with E-state index in [1.807, 2.05) is 0 Å². The molecule has 0 bridgehead atoms. The number of halogens is 1. The standard InChI is InChI=1S/C13H13BrN4O3/c1-8-5-11(17-21-8)16-12(19)7-18(2)13(20)9-3-4-10(14)15-6-9/h3-6H,7H2,1-2H3,(H,16,17,19). The topological polar surface area (TPSA) is 88.3 Å². The summed E-state index contributed by atoms with van der Waals surface area (Å²) in [4.78, 5) is 29.2. The smallest absolute Gasteiger partial charge is 0.255 e. The van der Waals surface area contributed by atoms with Gasteiger partial charge in [-0.05, 0) is 35.0 Å². The number of carbonyl (C=O) groups excluding carboxylic acids is 2. The van der Waals surface area contributed by atoms with Gasteiger partial charge in [0.2, 0.25) is 5.91 Å². The molecule has 0 aliphatic carbocycles. The summed E-state index contributed by atoms with van der Waals surface area (Å²) < 4.78 is 5.48. The van der Waals surface area contributed by atoms with Gasteiger partial charge in [0.15, 0.2) is 5.82 Å². The number of rotatable bonds is 4. The lowest BCUT2D eigenvalue weighted by atomic mass is 10.2. The van der Waals surface area contributed by atoms with Gasteiger partial charge >= 0.3 is 0 Å². The average Bonchev–Trinajstić information content (AvgIpc) is 2.83. The molecule has 0 saturated heterocycles. The fourth-order valence-corrected chi connectivity index (χ4v) is 1.85. The van der Waals surface area contributed by atoms with E-state index in [2.05, 4.69) is 31.4 Å². The first-order chi connectivity index (χ1) is 9.95. The molecule has 21 heavy (non-hydrogen) atoms. The third-order valence-electron chi connectivity index (χ3n) is 2.60. The Bertz CT molecular complexity index is 654. The fourth-order valence-electron chi connectivity index (χ4n) is 1.62. The Morgan fingerprint density at radius 2 is 2.19 bits per heavy atom. The van der Waals surface area contributed by atoms with Crippen molar-refractivity contribution in [3.05, 3.63) is 40.3 Å². The zero-order valence-corrected chi connectivity index (χ0v) is 13.0. The molecule has 0 radical (unpaired) electrons. The SMILES string of the molecule is Cc1cc(NC(=O)CN(C)C(=O)c2ccc(Br)nc2)no1. The predicted molar refractivity (Wildman–Crippen MR) is 78.8 cm³/mol. The monoisotopic (exact) mass is 352 g/mol. The van der Waals surface area contributed by atoms with E-state index in [0.717, 1.165) is 0 Å². The van der Waals surface area contributed by atoms with Crippen molar-refractivity contribution >= 4 is 33.6 Å². The van der Waals surface area contributed by atoms with Crippen molar-refractivity contribution in [1.29, 1.82) is 0 Å². The van der Waals surface area contributed by atoms with Crippen LogP contribution in [0.1, 0.15) is 16.1 Å². The molecule has 2 amide bonds. The molecule has 0 atom stereocenters. The summed E-state index contributed by atoms with van der Waals surface area (Å²) in [7, 11) is 1.54. The molecule has 2 aromatic heterocycles. The lowest BCUT2D eigenvalue weighted by molar-refractivity contribution is -0.116. The van der Waals surface area contributed by atoms with Gasteiger partial charge in [-0.15, -0.1) is 0 Å². The summed E-state index contributed by atoms with van der Waals surface area (Å²) in [6.07, 6.45) is 1.45. The van der Waals surface area contributed by atoms with E-state index in [1.54, 1.807) is 25.1 Å². The first-order valence-electron chi connectivity index (χ1n) is 6.06. The minimum Gasteiger partial charge on any atom is -0.360 e. The van der Waals surface area contributed by atoms with Gasteiger partial charge in [0.1, 0.15) is 10.4 Å². The Hall–Kier alpha value is -2.22. The van der Waals surface area contributed by atoms with Crippen LogP contribution in [0.2, 0.25) is 0 Å². The number of carbonyl (C=O) groups is 2. The Kier molecular flexibility index (Phi) is 4.69. The maximum Gasteiger partial charge on any atom is 0.255 e. The number of nitrogens with zero attached hydrogens (tertiary/aromatic N) is 3. The highest BCUT2D eigenvalue weighted by Gasteiger charge is 2.16. The van der Waals surface area contributed by atoms with Gasteiger partial charge in [0.05, 0.1) is 12.1 Å². The van der Waals surface area contributed by atoms with Crippen LogP contribution in [0, 0.1) is 6.92 Å². The molecule has 0 spiro atoms. The first-order valence-corrected chi connectivity index (χ1v) is 6.85. The van der Waals surface area contributed by atoms with Crippen molar-refractivity contribution < 1.29 is 14.1 Å². The van der Waals surface area contributed by atoms with E-state index < -0.39 is 0 Å². The van der Waals surface area contributed by atoms with Gasteiger partial charge in [0, 0.05) is 19.3 Å². The summed E-state index contributed by atoms with van der Waals surface area (Å²) in [5.41, 5.74) is 0.408. The largest absolute Gasteiger partial charge is 0.360 e. The minimum absolute atomic E-state index is 0.0964. The van der Waals surface area contributed by atoms with E-state index in [-0.39, 0.29) is 18.4 Å². The fraction of sp³-hybridized carbons (Fsp3) is 0.231. The van der Waals surface area contributed by atoms with Crippen LogP contribution in [-0.2, 0) is 4.79 Å². The molecular weight excluding hydrogens is 340 g/mol. The van der Waals surface area contributed by atoms with Crippen molar-refractivity contribution in [2.45, 2.75) is 6.92 Å². The van der Waals surface area contributed by atoms with Crippen LogP contribution in [0.4, 0.5) is 5.82 Å². The zero-order valence-electron chi connectivity index (χ0n) is 11.5. The molecule has 7 nitrogen and oxygen atoms in total. The number of aromatic nitrogens is 2. The van der Waals surface area contributed by atoms with Crippen LogP contribution in [0.3, 0.4) is 0 Å². The lowest BCUT2D eigenvalue weighted by Gasteiger charge is -2.16. The summed E-state index contributed by atoms with van der Waals surface area (Å²) in [6, 6.07) is 4.90. The van der Waals surface area contributed by atoms with Crippen LogP contribution < -0.4 is 5.32 Å². The maximum absolute atomic E-state index is 12.1. The highest BCUT2D eigenvalue weighted by Crippen LogP contribution is 2.09. The zero-order chi connectivity index (χ0) is 15.4.